The highest BCUT2D eigenvalue weighted by molar-refractivity contribution is 9.11. The van der Waals surface area contributed by atoms with Crippen molar-refractivity contribution in [1.82, 2.24) is 5.32 Å². The molecule has 1 unspecified atom stereocenters. The molecular formula is C24H15Br4NO4S. The first-order chi connectivity index (χ1) is 16.1. The number of aromatic hydroxyl groups is 3. The Labute approximate surface area is 234 Å². The van der Waals surface area contributed by atoms with Crippen LogP contribution < -0.4 is 5.32 Å². The maximum Gasteiger partial charge on any atom is 0.143 e. The van der Waals surface area contributed by atoms with E-state index < -0.39 is 6.10 Å². The number of phenolic OH excluding ortho intramolecular Hbond substituents is 3. The molecule has 0 saturated heterocycles. The van der Waals surface area contributed by atoms with E-state index in [1.807, 2.05) is 6.08 Å². The van der Waals surface area contributed by atoms with Crippen LogP contribution in [-0.2, 0) is 0 Å². The summed E-state index contributed by atoms with van der Waals surface area (Å²) in [5.41, 5.74) is 3.79. The van der Waals surface area contributed by atoms with Gasteiger partial charge in [0.25, 0.3) is 0 Å². The average Bonchev–Trinajstić information content (AvgIpc) is 3.11. The lowest BCUT2D eigenvalue weighted by molar-refractivity contribution is 0.223. The zero-order valence-corrected chi connectivity index (χ0v) is 24.1. The minimum Gasteiger partial charge on any atom is -0.507 e. The molecule has 5 nitrogen and oxygen atoms in total. The van der Waals surface area contributed by atoms with Crippen molar-refractivity contribution in [3.63, 3.8) is 0 Å². The Kier molecular flexibility index (Phi) is 7.56. The van der Waals surface area contributed by atoms with Gasteiger partial charge in [-0.25, -0.2) is 0 Å². The van der Waals surface area contributed by atoms with E-state index >= 15 is 0 Å². The van der Waals surface area contributed by atoms with E-state index in [0.29, 0.717) is 50.8 Å². The molecule has 3 aromatic rings. The van der Waals surface area contributed by atoms with Gasteiger partial charge < -0.3 is 25.7 Å². The number of halogens is 4. The van der Waals surface area contributed by atoms with Crippen molar-refractivity contribution in [2.45, 2.75) is 6.10 Å². The predicted octanol–water partition coefficient (Wildman–Crippen LogP) is 7.31. The third-order valence-corrected chi connectivity index (χ3v) is 7.98. The SMILES string of the molecule is Oc1ccc(/C=C2\NC(=S)C(C(O)c3cc(Br)c(O)c(Br)c3)=C2c2ccc(O)c(Br)c2)cc1Br. The summed E-state index contributed by atoms with van der Waals surface area (Å²) in [5.74, 6) is 0.229. The third-order valence-electron chi connectivity index (χ3n) is 5.18. The molecule has 174 valence electrons. The fraction of sp³-hybridized carbons (Fsp3) is 0.0417. The lowest BCUT2D eigenvalue weighted by Gasteiger charge is -2.16. The Morgan fingerprint density at radius 3 is 1.97 bits per heavy atom. The average molecular weight is 733 g/mol. The van der Waals surface area contributed by atoms with Gasteiger partial charge in [-0.2, -0.15) is 0 Å². The Bertz CT molecular complexity index is 1380. The zero-order chi connectivity index (χ0) is 24.7. The van der Waals surface area contributed by atoms with Crippen molar-refractivity contribution < 1.29 is 20.4 Å². The Morgan fingerprint density at radius 2 is 1.38 bits per heavy atom. The number of nitrogens with one attached hydrogen (secondary N) is 1. The number of aliphatic hydroxyl groups is 1. The van der Waals surface area contributed by atoms with Crippen LogP contribution in [-0.4, -0.2) is 25.4 Å². The summed E-state index contributed by atoms with van der Waals surface area (Å²) in [6.07, 6.45) is 0.739. The molecule has 0 amide bonds. The van der Waals surface area contributed by atoms with Gasteiger partial charge in [0.05, 0.1) is 17.9 Å². The van der Waals surface area contributed by atoms with Gasteiger partial charge in [-0.1, -0.05) is 24.4 Å². The molecule has 10 heteroatoms. The molecule has 3 aromatic carbocycles. The van der Waals surface area contributed by atoms with Crippen LogP contribution in [0.3, 0.4) is 0 Å². The van der Waals surface area contributed by atoms with Gasteiger partial charge in [0.2, 0.25) is 0 Å². The number of phenols is 3. The lowest BCUT2D eigenvalue weighted by atomic mass is 9.93. The highest BCUT2D eigenvalue weighted by Crippen LogP contribution is 2.43. The normalized spacial score (nSPS) is 15.7. The summed E-state index contributed by atoms with van der Waals surface area (Å²) in [6, 6.07) is 13.4. The van der Waals surface area contributed by atoms with Crippen LogP contribution in [0.5, 0.6) is 17.2 Å². The molecule has 0 saturated carbocycles. The van der Waals surface area contributed by atoms with Crippen molar-refractivity contribution in [3.8, 4) is 17.2 Å². The Hall–Kier alpha value is -1.69. The summed E-state index contributed by atoms with van der Waals surface area (Å²) in [5, 5.41) is 44.5. The molecule has 0 fully saturated rings. The van der Waals surface area contributed by atoms with Crippen LogP contribution >= 0.6 is 75.9 Å². The van der Waals surface area contributed by atoms with Crippen LogP contribution in [0.4, 0.5) is 0 Å². The number of allylic oxidation sites excluding steroid dienone is 1. The van der Waals surface area contributed by atoms with E-state index in [0.717, 1.165) is 5.56 Å². The molecule has 1 aliphatic heterocycles. The number of hydrogen-bond donors (Lipinski definition) is 5. The predicted molar refractivity (Wildman–Crippen MR) is 151 cm³/mol. The van der Waals surface area contributed by atoms with Gasteiger partial charge in [-0.3, -0.25) is 0 Å². The second-order valence-corrected chi connectivity index (χ2v) is 11.2. The molecule has 0 radical (unpaired) electrons. The summed E-state index contributed by atoms with van der Waals surface area (Å²) in [7, 11) is 0. The zero-order valence-electron chi connectivity index (χ0n) is 17.0. The summed E-state index contributed by atoms with van der Waals surface area (Å²) >= 11 is 18.9. The highest BCUT2D eigenvalue weighted by Gasteiger charge is 2.32. The maximum absolute atomic E-state index is 11.4. The fourth-order valence-corrected chi connectivity index (χ4v) is 5.86. The van der Waals surface area contributed by atoms with E-state index in [-0.39, 0.29) is 17.2 Å². The van der Waals surface area contributed by atoms with Crippen LogP contribution in [0.2, 0.25) is 0 Å². The molecule has 1 atom stereocenters. The van der Waals surface area contributed by atoms with Gasteiger partial charge in [-0.05, 0) is 123 Å². The number of hydrogen-bond acceptors (Lipinski definition) is 5. The number of aliphatic hydroxyl groups excluding tert-OH is 1. The monoisotopic (exact) mass is 729 g/mol. The second-order valence-electron chi connectivity index (χ2n) is 7.41. The molecule has 34 heavy (non-hydrogen) atoms. The quantitative estimate of drug-likeness (QED) is 0.181. The molecular weight excluding hydrogens is 718 g/mol. The van der Waals surface area contributed by atoms with Crippen LogP contribution in [0.25, 0.3) is 11.6 Å². The first-order valence-corrected chi connectivity index (χ1v) is 13.3. The Morgan fingerprint density at radius 1 is 0.794 bits per heavy atom. The van der Waals surface area contributed by atoms with E-state index in [1.165, 1.54) is 0 Å². The van der Waals surface area contributed by atoms with Crippen molar-refractivity contribution in [2.24, 2.45) is 0 Å². The van der Waals surface area contributed by atoms with E-state index in [2.05, 4.69) is 69.0 Å². The molecule has 0 aromatic heterocycles. The first-order valence-electron chi connectivity index (χ1n) is 9.67. The van der Waals surface area contributed by atoms with Gasteiger partial charge in [0.1, 0.15) is 28.3 Å². The Balaban J connectivity index is 1.93. The van der Waals surface area contributed by atoms with Gasteiger partial charge >= 0.3 is 0 Å². The maximum atomic E-state index is 11.4. The van der Waals surface area contributed by atoms with Gasteiger partial charge in [0.15, 0.2) is 0 Å². The van der Waals surface area contributed by atoms with E-state index in [1.54, 1.807) is 48.5 Å². The van der Waals surface area contributed by atoms with E-state index in [4.69, 9.17) is 12.2 Å². The smallest absolute Gasteiger partial charge is 0.143 e. The van der Waals surface area contributed by atoms with Crippen LogP contribution in [0.15, 0.2) is 77.7 Å². The highest BCUT2D eigenvalue weighted by atomic mass is 79.9. The molecule has 1 heterocycles. The van der Waals surface area contributed by atoms with Crippen LogP contribution in [0, 0.1) is 0 Å². The summed E-state index contributed by atoms with van der Waals surface area (Å²) in [6.45, 7) is 0. The number of benzene rings is 3. The van der Waals surface area contributed by atoms with Crippen molar-refractivity contribution in [2.75, 3.05) is 0 Å². The summed E-state index contributed by atoms with van der Waals surface area (Å²) < 4.78 is 1.88. The van der Waals surface area contributed by atoms with Crippen molar-refractivity contribution in [1.29, 1.82) is 0 Å². The van der Waals surface area contributed by atoms with Gasteiger partial charge in [0, 0.05) is 16.8 Å². The standard InChI is InChI=1S/C24H15Br4NO4S/c25-13-5-10(1-3-18(13)30)6-17-20(11-2-4-19(31)14(26)7-11)21(24(34)29-17)22(32)12-8-15(27)23(33)16(28)9-12/h1-9,22,30-33H,(H,29,34)/b17-6-. The lowest BCUT2D eigenvalue weighted by Crippen LogP contribution is -2.17. The van der Waals surface area contributed by atoms with Crippen molar-refractivity contribution >= 4 is 92.6 Å². The molecule has 5 N–H and O–H groups in total. The van der Waals surface area contributed by atoms with Crippen LogP contribution in [0.1, 0.15) is 22.8 Å². The molecule has 0 aliphatic carbocycles. The fourth-order valence-electron chi connectivity index (χ4n) is 3.54. The molecule has 0 spiro atoms. The first kappa shape index (κ1) is 25.4. The topological polar surface area (TPSA) is 93.0 Å². The summed E-state index contributed by atoms with van der Waals surface area (Å²) in [4.78, 5) is 0.344. The molecule has 1 aliphatic rings. The van der Waals surface area contributed by atoms with Gasteiger partial charge in [-0.15, -0.1) is 0 Å². The van der Waals surface area contributed by atoms with E-state index in [9.17, 15) is 20.4 Å². The third kappa shape index (κ3) is 4.98. The molecule has 4 rings (SSSR count). The number of rotatable bonds is 4. The second kappa shape index (κ2) is 10.1. The minimum absolute atomic E-state index is 0.0261. The molecule has 0 bridgehead atoms. The number of thiocarbonyl (C=S) groups is 1. The van der Waals surface area contributed by atoms with Crippen molar-refractivity contribution in [3.05, 3.63) is 94.4 Å². The minimum atomic E-state index is -1.12. The largest absolute Gasteiger partial charge is 0.507 e.